The molecule has 4 nitrogen and oxygen atoms in total. The van der Waals surface area contributed by atoms with Crippen molar-refractivity contribution >= 4 is 5.91 Å². The van der Waals surface area contributed by atoms with Crippen LogP contribution in [0.25, 0.3) is 0 Å². The van der Waals surface area contributed by atoms with Crippen LogP contribution in [0.3, 0.4) is 0 Å². The van der Waals surface area contributed by atoms with Crippen LogP contribution in [-0.2, 0) is 0 Å². The van der Waals surface area contributed by atoms with Gasteiger partial charge in [-0.3, -0.25) is 9.78 Å². The van der Waals surface area contributed by atoms with Crippen LogP contribution in [0.1, 0.15) is 28.9 Å². The number of rotatable bonds is 1. The van der Waals surface area contributed by atoms with Crippen molar-refractivity contribution in [3.8, 4) is 0 Å². The SMILES string of the molecule is Cc1ncccc1C(=O)N1CCCC2CNCC21. The highest BCUT2D eigenvalue weighted by Crippen LogP contribution is 2.27. The third-order valence-electron chi connectivity index (χ3n) is 4.18. The van der Waals surface area contributed by atoms with E-state index in [2.05, 4.69) is 15.2 Å². The zero-order valence-electron chi connectivity index (χ0n) is 10.7. The number of aromatic nitrogens is 1. The molecule has 4 heteroatoms. The first-order valence-corrected chi connectivity index (χ1v) is 6.70. The van der Waals surface area contributed by atoms with Crippen LogP contribution in [0, 0.1) is 12.8 Å². The number of hydrogen-bond acceptors (Lipinski definition) is 3. The molecule has 0 radical (unpaired) electrons. The number of likely N-dealkylation sites (tertiary alicyclic amines) is 1. The minimum absolute atomic E-state index is 0.152. The predicted molar refractivity (Wildman–Crippen MR) is 69.4 cm³/mol. The Morgan fingerprint density at radius 1 is 1.50 bits per heavy atom. The zero-order valence-corrected chi connectivity index (χ0v) is 10.7. The summed E-state index contributed by atoms with van der Waals surface area (Å²) in [6.07, 6.45) is 4.10. The fourth-order valence-corrected chi connectivity index (χ4v) is 3.19. The van der Waals surface area contributed by atoms with Gasteiger partial charge in [-0.25, -0.2) is 0 Å². The Bertz CT molecular complexity index is 460. The molecule has 2 aliphatic rings. The van der Waals surface area contributed by atoms with E-state index >= 15 is 0 Å². The van der Waals surface area contributed by atoms with Crippen LogP contribution in [-0.4, -0.2) is 41.5 Å². The molecule has 1 aromatic heterocycles. The van der Waals surface area contributed by atoms with Crippen molar-refractivity contribution in [2.75, 3.05) is 19.6 Å². The summed E-state index contributed by atoms with van der Waals surface area (Å²) in [6, 6.07) is 4.11. The fraction of sp³-hybridized carbons (Fsp3) is 0.571. The van der Waals surface area contributed by atoms with Crippen LogP contribution in [0.15, 0.2) is 18.3 Å². The van der Waals surface area contributed by atoms with Gasteiger partial charge in [-0.05, 0) is 37.8 Å². The maximum Gasteiger partial charge on any atom is 0.255 e. The first kappa shape index (κ1) is 11.7. The molecule has 3 heterocycles. The van der Waals surface area contributed by atoms with Crippen molar-refractivity contribution in [3.05, 3.63) is 29.6 Å². The molecule has 0 bridgehead atoms. The van der Waals surface area contributed by atoms with Crippen LogP contribution < -0.4 is 5.32 Å². The second-order valence-corrected chi connectivity index (χ2v) is 5.26. The second kappa shape index (κ2) is 4.69. The maximum atomic E-state index is 12.6. The minimum Gasteiger partial charge on any atom is -0.334 e. The Hall–Kier alpha value is -1.42. The first-order chi connectivity index (χ1) is 8.77. The largest absolute Gasteiger partial charge is 0.334 e. The Labute approximate surface area is 107 Å². The van der Waals surface area contributed by atoms with Gasteiger partial charge >= 0.3 is 0 Å². The van der Waals surface area contributed by atoms with Gasteiger partial charge in [0.25, 0.3) is 5.91 Å². The highest BCUT2D eigenvalue weighted by molar-refractivity contribution is 5.95. The second-order valence-electron chi connectivity index (χ2n) is 5.26. The number of aryl methyl sites for hydroxylation is 1. The summed E-state index contributed by atoms with van der Waals surface area (Å²) in [5.74, 6) is 0.790. The lowest BCUT2D eigenvalue weighted by Crippen LogP contribution is -2.48. The fourth-order valence-electron chi connectivity index (χ4n) is 3.19. The van der Waals surface area contributed by atoms with Gasteiger partial charge in [-0.2, -0.15) is 0 Å². The molecular weight excluding hydrogens is 226 g/mol. The Morgan fingerprint density at radius 2 is 2.39 bits per heavy atom. The molecule has 2 aliphatic heterocycles. The number of nitrogens with one attached hydrogen (secondary N) is 1. The van der Waals surface area contributed by atoms with Gasteiger partial charge in [0.1, 0.15) is 0 Å². The summed E-state index contributed by atoms with van der Waals surface area (Å²) >= 11 is 0. The number of carbonyl (C=O) groups is 1. The van der Waals surface area contributed by atoms with E-state index in [1.807, 2.05) is 19.1 Å². The van der Waals surface area contributed by atoms with Crippen LogP contribution >= 0.6 is 0 Å². The highest BCUT2D eigenvalue weighted by atomic mass is 16.2. The molecule has 96 valence electrons. The van der Waals surface area contributed by atoms with E-state index in [1.165, 1.54) is 6.42 Å². The van der Waals surface area contributed by atoms with Crippen molar-refractivity contribution in [2.24, 2.45) is 5.92 Å². The molecule has 0 aromatic carbocycles. The van der Waals surface area contributed by atoms with E-state index < -0.39 is 0 Å². The summed E-state index contributed by atoms with van der Waals surface area (Å²) in [4.78, 5) is 18.9. The Balaban J connectivity index is 1.86. The smallest absolute Gasteiger partial charge is 0.255 e. The summed E-state index contributed by atoms with van der Waals surface area (Å²) < 4.78 is 0. The summed E-state index contributed by atoms with van der Waals surface area (Å²) in [6.45, 7) is 4.79. The topological polar surface area (TPSA) is 45.2 Å². The lowest BCUT2D eigenvalue weighted by atomic mass is 9.91. The van der Waals surface area contributed by atoms with Crippen LogP contribution in [0.4, 0.5) is 0 Å². The van der Waals surface area contributed by atoms with E-state index in [0.717, 1.165) is 37.3 Å². The van der Waals surface area contributed by atoms with E-state index in [1.54, 1.807) is 6.20 Å². The van der Waals surface area contributed by atoms with Crippen LogP contribution in [0.5, 0.6) is 0 Å². The average molecular weight is 245 g/mol. The number of piperidine rings is 1. The molecule has 0 saturated carbocycles. The Morgan fingerprint density at radius 3 is 3.22 bits per heavy atom. The minimum atomic E-state index is 0.152. The van der Waals surface area contributed by atoms with Crippen molar-refractivity contribution in [1.29, 1.82) is 0 Å². The lowest BCUT2D eigenvalue weighted by molar-refractivity contribution is 0.0573. The third-order valence-corrected chi connectivity index (χ3v) is 4.18. The van der Waals surface area contributed by atoms with Crippen molar-refractivity contribution in [3.63, 3.8) is 0 Å². The molecular formula is C14H19N3O. The standard InChI is InChI=1S/C14H19N3O/c1-10-12(5-2-6-16-10)14(18)17-7-3-4-11-8-15-9-13(11)17/h2,5-6,11,13,15H,3-4,7-9H2,1H3. The van der Waals surface area contributed by atoms with Crippen molar-refractivity contribution in [2.45, 2.75) is 25.8 Å². The van der Waals surface area contributed by atoms with E-state index in [4.69, 9.17) is 0 Å². The van der Waals surface area contributed by atoms with E-state index in [-0.39, 0.29) is 5.91 Å². The molecule has 0 spiro atoms. The lowest BCUT2D eigenvalue weighted by Gasteiger charge is -2.37. The predicted octanol–water partition coefficient (Wildman–Crippen LogP) is 1.21. The number of fused-ring (bicyclic) bond motifs is 1. The van der Waals surface area contributed by atoms with E-state index in [0.29, 0.717) is 12.0 Å². The van der Waals surface area contributed by atoms with Gasteiger partial charge in [0.15, 0.2) is 0 Å². The molecule has 2 atom stereocenters. The summed E-state index contributed by atoms with van der Waals surface area (Å²) in [5, 5.41) is 3.41. The molecule has 2 unspecified atom stereocenters. The summed E-state index contributed by atoms with van der Waals surface area (Å²) in [5.41, 5.74) is 1.58. The maximum absolute atomic E-state index is 12.6. The monoisotopic (exact) mass is 245 g/mol. The van der Waals surface area contributed by atoms with Gasteiger partial charge in [0.05, 0.1) is 5.56 Å². The van der Waals surface area contributed by atoms with Gasteiger partial charge in [-0.15, -0.1) is 0 Å². The molecule has 3 rings (SSSR count). The number of nitrogens with zero attached hydrogens (tertiary/aromatic N) is 2. The Kier molecular flexibility index (Phi) is 3.04. The first-order valence-electron chi connectivity index (χ1n) is 6.70. The van der Waals surface area contributed by atoms with Crippen molar-refractivity contribution in [1.82, 2.24) is 15.2 Å². The highest BCUT2D eigenvalue weighted by Gasteiger charge is 2.37. The number of pyridine rings is 1. The molecule has 1 aromatic rings. The van der Waals surface area contributed by atoms with Crippen LogP contribution in [0.2, 0.25) is 0 Å². The molecule has 18 heavy (non-hydrogen) atoms. The van der Waals surface area contributed by atoms with Gasteiger partial charge in [0.2, 0.25) is 0 Å². The third kappa shape index (κ3) is 1.90. The van der Waals surface area contributed by atoms with E-state index in [9.17, 15) is 4.79 Å². The number of hydrogen-bond donors (Lipinski definition) is 1. The molecule has 0 aliphatic carbocycles. The zero-order chi connectivity index (χ0) is 12.5. The molecule has 2 fully saturated rings. The quantitative estimate of drug-likeness (QED) is 0.809. The van der Waals surface area contributed by atoms with Crippen molar-refractivity contribution < 1.29 is 4.79 Å². The molecule has 2 saturated heterocycles. The molecule has 1 amide bonds. The normalized spacial score (nSPS) is 27.1. The van der Waals surface area contributed by atoms with Gasteiger partial charge < -0.3 is 10.2 Å². The molecule has 1 N–H and O–H groups in total. The number of carbonyl (C=O) groups excluding carboxylic acids is 1. The van der Waals surface area contributed by atoms with Gasteiger partial charge in [0, 0.05) is 37.6 Å². The average Bonchev–Trinajstić information content (AvgIpc) is 2.86. The summed E-state index contributed by atoms with van der Waals surface area (Å²) in [7, 11) is 0. The van der Waals surface area contributed by atoms with Gasteiger partial charge in [-0.1, -0.05) is 0 Å². The number of amides is 1.